The molecule has 1 rings (SSSR count). The minimum absolute atomic E-state index is 0.184. The van der Waals surface area contributed by atoms with E-state index >= 15 is 0 Å². The molecule has 0 bridgehead atoms. The fourth-order valence-corrected chi connectivity index (χ4v) is 2.14. The molecule has 0 aliphatic heterocycles. The molecule has 3 nitrogen and oxygen atoms in total. The van der Waals surface area contributed by atoms with E-state index in [0.29, 0.717) is 17.0 Å². The van der Waals surface area contributed by atoms with Crippen LogP contribution in [0.1, 0.15) is 42.6 Å². The SMILES string of the molecule is CCC(CC)(CCl)NC(=O)c1cccc(C#N)c1. The molecule has 0 radical (unpaired) electrons. The molecule has 0 aromatic heterocycles. The minimum atomic E-state index is -0.374. The Labute approximate surface area is 113 Å². The standard InChI is InChI=1S/C14H17ClN2O/c1-3-14(4-2,10-15)17-13(18)12-7-5-6-11(8-12)9-16/h5-8H,3-4,10H2,1-2H3,(H,17,18). The van der Waals surface area contributed by atoms with Crippen molar-refractivity contribution in [3.8, 4) is 6.07 Å². The smallest absolute Gasteiger partial charge is 0.251 e. The third kappa shape index (κ3) is 3.24. The van der Waals surface area contributed by atoms with Gasteiger partial charge < -0.3 is 5.32 Å². The second-order valence-corrected chi connectivity index (χ2v) is 4.54. The summed E-state index contributed by atoms with van der Waals surface area (Å²) < 4.78 is 0. The maximum atomic E-state index is 12.1. The minimum Gasteiger partial charge on any atom is -0.345 e. The first-order valence-electron chi connectivity index (χ1n) is 5.99. The highest BCUT2D eigenvalue weighted by atomic mass is 35.5. The van der Waals surface area contributed by atoms with E-state index < -0.39 is 0 Å². The molecule has 1 amide bonds. The molecule has 1 aromatic carbocycles. The zero-order chi connectivity index (χ0) is 13.6. The zero-order valence-electron chi connectivity index (χ0n) is 10.7. The summed E-state index contributed by atoms with van der Waals surface area (Å²) in [4.78, 5) is 12.1. The molecular weight excluding hydrogens is 248 g/mol. The van der Waals surface area contributed by atoms with Gasteiger partial charge in [0.2, 0.25) is 0 Å². The quantitative estimate of drug-likeness (QED) is 0.831. The van der Waals surface area contributed by atoms with E-state index in [1.165, 1.54) is 0 Å². The van der Waals surface area contributed by atoms with E-state index in [-0.39, 0.29) is 11.4 Å². The van der Waals surface area contributed by atoms with Gasteiger partial charge in [0.1, 0.15) is 0 Å². The predicted octanol–water partition coefficient (Wildman–Crippen LogP) is 3.09. The van der Waals surface area contributed by atoms with Crippen molar-refractivity contribution in [2.45, 2.75) is 32.2 Å². The number of nitriles is 1. The summed E-state index contributed by atoms with van der Waals surface area (Å²) in [5, 5.41) is 11.8. The first kappa shape index (κ1) is 14.5. The molecule has 1 aromatic rings. The Balaban J connectivity index is 2.91. The molecule has 0 aliphatic carbocycles. The normalized spacial score (nSPS) is 10.8. The highest BCUT2D eigenvalue weighted by Crippen LogP contribution is 2.18. The van der Waals surface area contributed by atoms with Gasteiger partial charge in [-0.25, -0.2) is 0 Å². The number of hydrogen-bond acceptors (Lipinski definition) is 2. The van der Waals surface area contributed by atoms with Crippen molar-refractivity contribution >= 4 is 17.5 Å². The van der Waals surface area contributed by atoms with E-state index in [1.54, 1.807) is 24.3 Å². The Morgan fingerprint density at radius 2 is 2.11 bits per heavy atom. The summed E-state index contributed by atoms with van der Waals surface area (Å²) in [5.74, 6) is 0.195. The first-order chi connectivity index (χ1) is 8.60. The number of carbonyl (C=O) groups excluding carboxylic acids is 1. The van der Waals surface area contributed by atoms with Crippen molar-refractivity contribution in [2.75, 3.05) is 5.88 Å². The van der Waals surface area contributed by atoms with Crippen LogP contribution in [0.4, 0.5) is 0 Å². The molecule has 4 heteroatoms. The summed E-state index contributed by atoms with van der Waals surface area (Å²) in [6.07, 6.45) is 1.55. The van der Waals surface area contributed by atoms with Gasteiger partial charge in [0.15, 0.2) is 0 Å². The van der Waals surface area contributed by atoms with Crippen LogP contribution in [0.2, 0.25) is 0 Å². The Morgan fingerprint density at radius 3 is 2.61 bits per heavy atom. The topological polar surface area (TPSA) is 52.9 Å². The van der Waals surface area contributed by atoms with Crippen LogP contribution >= 0.6 is 11.6 Å². The fourth-order valence-electron chi connectivity index (χ4n) is 1.69. The lowest BCUT2D eigenvalue weighted by atomic mass is 9.94. The molecule has 0 saturated carbocycles. The number of nitrogens with zero attached hydrogens (tertiary/aromatic N) is 1. The molecule has 1 N–H and O–H groups in total. The molecule has 0 spiro atoms. The summed E-state index contributed by atoms with van der Waals surface area (Å²) in [6.45, 7) is 4.00. The van der Waals surface area contributed by atoms with Gasteiger partial charge >= 0.3 is 0 Å². The number of benzene rings is 1. The number of carbonyl (C=O) groups is 1. The molecular formula is C14H17ClN2O. The fraction of sp³-hybridized carbons (Fsp3) is 0.429. The highest BCUT2D eigenvalue weighted by molar-refractivity contribution is 6.19. The van der Waals surface area contributed by atoms with Crippen LogP contribution in [0.25, 0.3) is 0 Å². The van der Waals surface area contributed by atoms with Crippen LogP contribution in [0.5, 0.6) is 0 Å². The van der Waals surface area contributed by atoms with E-state index in [4.69, 9.17) is 16.9 Å². The van der Waals surface area contributed by atoms with Crippen molar-refractivity contribution in [3.63, 3.8) is 0 Å². The number of amides is 1. The van der Waals surface area contributed by atoms with Crippen molar-refractivity contribution in [2.24, 2.45) is 0 Å². The van der Waals surface area contributed by atoms with Crippen molar-refractivity contribution in [1.82, 2.24) is 5.32 Å². The van der Waals surface area contributed by atoms with Gasteiger partial charge in [0.05, 0.1) is 17.2 Å². The molecule has 0 unspecified atom stereocenters. The number of halogens is 1. The number of nitrogens with one attached hydrogen (secondary N) is 1. The average Bonchev–Trinajstić information content (AvgIpc) is 2.44. The molecule has 0 aliphatic rings. The van der Waals surface area contributed by atoms with E-state index in [0.717, 1.165) is 12.8 Å². The van der Waals surface area contributed by atoms with Crippen LogP contribution in [0.3, 0.4) is 0 Å². The largest absolute Gasteiger partial charge is 0.345 e. The summed E-state index contributed by atoms with van der Waals surface area (Å²) in [6, 6.07) is 8.67. The van der Waals surface area contributed by atoms with Crippen LogP contribution in [-0.4, -0.2) is 17.3 Å². The first-order valence-corrected chi connectivity index (χ1v) is 6.53. The lowest BCUT2D eigenvalue weighted by Gasteiger charge is -2.30. The Hall–Kier alpha value is -1.53. The summed E-state index contributed by atoms with van der Waals surface area (Å²) in [5.41, 5.74) is 0.596. The van der Waals surface area contributed by atoms with Crippen molar-refractivity contribution in [1.29, 1.82) is 5.26 Å². The maximum absolute atomic E-state index is 12.1. The number of rotatable bonds is 5. The Kier molecular flexibility index (Phi) is 5.18. The second-order valence-electron chi connectivity index (χ2n) is 4.27. The summed E-state index contributed by atoms with van der Waals surface area (Å²) in [7, 11) is 0. The third-order valence-electron chi connectivity index (χ3n) is 3.24. The monoisotopic (exact) mass is 264 g/mol. The Morgan fingerprint density at radius 1 is 1.44 bits per heavy atom. The molecule has 0 saturated heterocycles. The maximum Gasteiger partial charge on any atom is 0.251 e. The Bertz CT molecular complexity index is 453. The van der Waals surface area contributed by atoms with Crippen molar-refractivity contribution < 1.29 is 4.79 Å². The number of hydrogen-bond donors (Lipinski definition) is 1. The van der Waals surface area contributed by atoms with Gasteiger partial charge in [-0.05, 0) is 31.0 Å². The molecule has 18 heavy (non-hydrogen) atoms. The lowest BCUT2D eigenvalue weighted by Crippen LogP contribution is -2.49. The lowest BCUT2D eigenvalue weighted by molar-refractivity contribution is 0.0902. The van der Waals surface area contributed by atoms with Gasteiger partial charge in [-0.3, -0.25) is 4.79 Å². The predicted molar refractivity (Wildman–Crippen MR) is 72.7 cm³/mol. The van der Waals surface area contributed by atoms with Gasteiger partial charge in [0, 0.05) is 11.4 Å². The average molecular weight is 265 g/mol. The van der Waals surface area contributed by atoms with E-state index in [9.17, 15) is 4.79 Å². The van der Waals surface area contributed by atoms with Crippen LogP contribution in [0, 0.1) is 11.3 Å². The molecule has 0 fully saturated rings. The van der Waals surface area contributed by atoms with Crippen molar-refractivity contribution in [3.05, 3.63) is 35.4 Å². The van der Waals surface area contributed by atoms with E-state index in [1.807, 2.05) is 19.9 Å². The molecule has 0 heterocycles. The molecule has 0 atom stereocenters. The van der Waals surface area contributed by atoms with Gasteiger partial charge in [-0.15, -0.1) is 11.6 Å². The number of alkyl halides is 1. The van der Waals surface area contributed by atoms with Gasteiger partial charge in [0.25, 0.3) is 5.91 Å². The van der Waals surface area contributed by atoms with Crippen LogP contribution in [0.15, 0.2) is 24.3 Å². The highest BCUT2D eigenvalue weighted by Gasteiger charge is 2.27. The third-order valence-corrected chi connectivity index (χ3v) is 3.75. The van der Waals surface area contributed by atoms with E-state index in [2.05, 4.69) is 5.32 Å². The van der Waals surface area contributed by atoms with Crippen LogP contribution in [-0.2, 0) is 0 Å². The van der Waals surface area contributed by atoms with Gasteiger partial charge in [-0.2, -0.15) is 5.26 Å². The zero-order valence-corrected chi connectivity index (χ0v) is 11.4. The van der Waals surface area contributed by atoms with Crippen LogP contribution < -0.4 is 5.32 Å². The second kappa shape index (κ2) is 6.42. The summed E-state index contributed by atoms with van der Waals surface area (Å²) >= 11 is 5.95. The van der Waals surface area contributed by atoms with Gasteiger partial charge in [-0.1, -0.05) is 19.9 Å². The molecule has 96 valence electrons.